The zero-order valence-corrected chi connectivity index (χ0v) is 16.7. The topological polar surface area (TPSA) is 66.8 Å². The number of aromatic amines is 1. The summed E-state index contributed by atoms with van der Waals surface area (Å²) in [6, 6.07) is 7.27. The molecular weight excluding hydrogens is 400 g/mol. The van der Waals surface area contributed by atoms with Crippen molar-refractivity contribution in [2.45, 2.75) is 25.8 Å². The molecule has 1 aliphatic heterocycles. The number of aromatic nitrogens is 4. The predicted octanol–water partition coefficient (Wildman–Crippen LogP) is 4.45. The van der Waals surface area contributed by atoms with Crippen LogP contribution in [0.2, 0.25) is 0 Å². The number of nitrogens with zero attached hydrogens (tertiary/aromatic N) is 4. The molecule has 2 aromatic carbocycles. The number of rotatable bonds is 4. The molecule has 0 radical (unpaired) electrons. The summed E-state index contributed by atoms with van der Waals surface area (Å²) in [5, 5.41) is 4.14. The molecule has 8 heteroatoms. The molecule has 6 rings (SSSR count). The second-order valence-corrected chi connectivity index (χ2v) is 8.41. The van der Waals surface area contributed by atoms with Crippen LogP contribution in [0.15, 0.2) is 49.1 Å². The third-order valence-electron chi connectivity index (χ3n) is 6.29. The van der Waals surface area contributed by atoms with Gasteiger partial charge in [-0.25, -0.2) is 18.4 Å². The Hall–Kier alpha value is -3.55. The normalized spacial score (nSPS) is 21.0. The van der Waals surface area contributed by atoms with Crippen molar-refractivity contribution in [3.05, 3.63) is 71.8 Å². The highest BCUT2D eigenvalue weighted by Gasteiger charge is 2.56. The van der Waals surface area contributed by atoms with Crippen LogP contribution in [0.25, 0.3) is 16.7 Å². The molecule has 6 nitrogen and oxygen atoms in total. The van der Waals surface area contributed by atoms with Gasteiger partial charge in [0.1, 0.15) is 11.6 Å². The number of carbonyl (C=O) groups is 1. The number of halogens is 2. The summed E-state index contributed by atoms with van der Waals surface area (Å²) in [6.07, 6.45) is 6.73. The molecule has 156 valence electrons. The zero-order valence-electron chi connectivity index (χ0n) is 16.7. The van der Waals surface area contributed by atoms with Crippen molar-refractivity contribution in [1.82, 2.24) is 19.7 Å². The minimum atomic E-state index is -0.676. The van der Waals surface area contributed by atoms with E-state index in [4.69, 9.17) is 0 Å². The molecule has 3 heterocycles. The van der Waals surface area contributed by atoms with Gasteiger partial charge in [0.05, 0.1) is 41.2 Å². The highest BCUT2D eigenvalue weighted by molar-refractivity contribution is 6.04. The first kappa shape index (κ1) is 18.2. The van der Waals surface area contributed by atoms with Crippen LogP contribution in [-0.2, 0) is 4.79 Å². The maximum absolute atomic E-state index is 15.3. The number of β-lactam (4-membered cyclic amide) rings is 1. The predicted molar refractivity (Wildman–Crippen MR) is 111 cm³/mol. The van der Waals surface area contributed by atoms with Crippen LogP contribution in [-0.4, -0.2) is 25.7 Å². The lowest BCUT2D eigenvalue weighted by Gasteiger charge is -2.48. The summed E-state index contributed by atoms with van der Waals surface area (Å²) < 4.78 is 32.1. The van der Waals surface area contributed by atoms with E-state index in [0.717, 1.165) is 23.9 Å². The van der Waals surface area contributed by atoms with E-state index in [9.17, 15) is 4.79 Å². The van der Waals surface area contributed by atoms with Crippen molar-refractivity contribution in [3.8, 4) is 5.69 Å². The molecule has 1 N–H and O–H groups in total. The van der Waals surface area contributed by atoms with Gasteiger partial charge in [-0.1, -0.05) is 0 Å². The lowest BCUT2D eigenvalue weighted by atomic mass is 9.78. The summed E-state index contributed by atoms with van der Waals surface area (Å²) >= 11 is 0. The molecule has 1 aliphatic carbocycles. The Bertz CT molecular complexity index is 1320. The highest BCUT2D eigenvalue weighted by Crippen LogP contribution is 2.54. The van der Waals surface area contributed by atoms with Gasteiger partial charge in [-0.2, -0.15) is 5.10 Å². The van der Waals surface area contributed by atoms with Gasteiger partial charge < -0.3 is 9.88 Å². The number of hydrogen-bond donors (Lipinski definition) is 1. The second kappa shape index (κ2) is 6.47. The number of hydrogen-bond acceptors (Lipinski definition) is 3. The third-order valence-corrected chi connectivity index (χ3v) is 6.29. The van der Waals surface area contributed by atoms with Crippen LogP contribution in [0.3, 0.4) is 0 Å². The minimum absolute atomic E-state index is 0.0637. The Balaban J connectivity index is 1.44. The molecule has 1 saturated heterocycles. The van der Waals surface area contributed by atoms with Crippen molar-refractivity contribution in [2.24, 2.45) is 11.8 Å². The second-order valence-electron chi connectivity index (χ2n) is 8.41. The van der Waals surface area contributed by atoms with Crippen LogP contribution in [0.4, 0.5) is 14.5 Å². The molecule has 2 unspecified atom stereocenters. The minimum Gasteiger partial charge on any atom is -0.345 e. The van der Waals surface area contributed by atoms with Crippen molar-refractivity contribution in [2.75, 3.05) is 4.90 Å². The Morgan fingerprint density at radius 3 is 2.55 bits per heavy atom. The summed E-state index contributed by atoms with van der Waals surface area (Å²) in [7, 11) is 0. The Morgan fingerprint density at radius 1 is 1.10 bits per heavy atom. The summed E-state index contributed by atoms with van der Waals surface area (Å²) in [5.74, 6) is -1.66. The molecule has 2 fully saturated rings. The molecule has 2 aliphatic rings. The average molecular weight is 419 g/mol. The molecule has 2 atom stereocenters. The van der Waals surface area contributed by atoms with Crippen molar-refractivity contribution in [1.29, 1.82) is 0 Å². The zero-order chi connectivity index (χ0) is 21.3. The molecular formula is C23H19F2N5O. The van der Waals surface area contributed by atoms with Gasteiger partial charge in [-0.05, 0) is 49.4 Å². The molecule has 4 aromatic rings. The van der Waals surface area contributed by atoms with Crippen molar-refractivity contribution < 1.29 is 13.6 Å². The number of carbonyl (C=O) groups excluding carboxylic acids is 1. The first-order valence-corrected chi connectivity index (χ1v) is 10.3. The lowest BCUT2D eigenvalue weighted by Crippen LogP contribution is -2.56. The maximum atomic E-state index is 15.3. The largest absolute Gasteiger partial charge is 0.345 e. The number of aryl methyl sites for hydroxylation is 1. The van der Waals surface area contributed by atoms with Crippen molar-refractivity contribution >= 4 is 22.6 Å². The molecule has 0 bridgehead atoms. The van der Waals surface area contributed by atoms with Crippen LogP contribution >= 0.6 is 0 Å². The van der Waals surface area contributed by atoms with Gasteiger partial charge in [0.2, 0.25) is 5.91 Å². The van der Waals surface area contributed by atoms with E-state index >= 15 is 8.78 Å². The first-order chi connectivity index (χ1) is 15.0. The number of H-pyrrole nitrogens is 1. The van der Waals surface area contributed by atoms with Gasteiger partial charge in [-0.15, -0.1) is 0 Å². The summed E-state index contributed by atoms with van der Waals surface area (Å²) in [4.78, 5) is 21.8. The van der Waals surface area contributed by atoms with Gasteiger partial charge in [0.15, 0.2) is 0 Å². The first-order valence-electron chi connectivity index (χ1n) is 10.3. The summed E-state index contributed by atoms with van der Waals surface area (Å²) in [6.45, 7) is 1.86. The monoisotopic (exact) mass is 419 g/mol. The van der Waals surface area contributed by atoms with Gasteiger partial charge in [-0.3, -0.25) is 4.79 Å². The van der Waals surface area contributed by atoms with Gasteiger partial charge in [0, 0.05) is 29.6 Å². The molecule has 31 heavy (non-hydrogen) atoms. The lowest BCUT2D eigenvalue weighted by molar-refractivity contribution is -0.131. The van der Waals surface area contributed by atoms with Crippen LogP contribution in [0.1, 0.15) is 30.0 Å². The molecule has 1 amide bonds. The fourth-order valence-electron chi connectivity index (χ4n) is 4.63. The number of benzene rings is 2. The number of imidazole rings is 1. The average Bonchev–Trinajstić information content (AvgIpc) is 3.26. The van der Waals surface area contributed by atoms with Crippen molar-refractivity contribution in [3.63, 3.8) is 0 Å². The Kier molecular flexibility index (Phi) is 3.81. The molecule has 1 saturated carbocycles. The standard InChI is InChI=1S/C23H19F2N5O/c1-12-9-28-29(10-12)15-6-16(24)21(17(25)7-15)22-20(13-2-3-13)23(31)30(22)14-4-5-18-19(8-14)27-11-26-18/h4-11,13,20,22H,2-3H2,1H3,(H,26,27). The van der Waals surface area contributed by atoms with Gasteiger partial charge >= 0.3 is 0 Å². The summed E-state index contributed by atoms with van der Waals surface area (Å²) in [5.41, 5.74) is 3.27. The fraction of sp³-hybridized carbons (Fsp3) is 0.261. The van der Waals surface area contributed by atoms with E-state index in [2.05, 4.69) is 15.1 Å². The Morgan fingerprint density at radius 2 is 1.87 bits per heavy atom. The molecule has 0 spiro atoms. The fourth-order valence-corrected chi connectivity index (χ4v) is 4.63. The molecule has 2 aromatic heterocycles. The van der Waals surface area contributed by atoms with E-state index < -0.39 is 23.6 Å². The smallest absolute Gasteiger partial charge is 0.233 e. The van der Waals surface area contributed by atoms with Crippen LogP contribution in [0.5, 0.6) is 0 Å². The van der Waals surface area contributed by atoms with E-state index in [1.54, 1.807) is 30.9 Å². The maximum Gasteiger partial charge on any atom is 0.233 e. The highest BCUT2D eigenvalue weighted by atomic mass is 19.1. The van der Waals surface area contributed by atoms with E-state index in [1.807, 2.05) is 13.0 Å². The SMILES string of the molecule is Cc1cnn(-c2cc(F)c(C3C(C4CC4)C(=O)N3c3ccc4[nH]cnc4c3)c(F)c2)c1. The number of amides is 1. The van der Waals surface area contributed by atoms with Crippen LogP contribution < -0.4 is 4.90 Å². The number of fused-ring (bicyclic) bond motifs is 1. The van der Waals surface area contributed by atoms with E-state index in [0.29, 0.717) is 16.9 Å². The number of nitrogens with one attached hydrogen (secondary N) is 1. The van der Waals surface area contributed by atoms with E-state index in [-0.39, 0.29) is 17.4 Å². The van der Waals surface area contributed by atoms with E-state index in [1.165, 1.54) is 21.7 Å². The third kappa shape index (κ3) is 2.78. The van der Waals surface area contributed by atoms with Crippen LogP contribution in [0, 0.1) is 30.4 Å². The van der Waals surface area contributed by atoms with Gasteiger partial charge in [0.25, 0.3) is 0 Å². The Labute approximate surface area is 176 Å². The number of anilines is 1. The quantitative estimate of drug-likeness (QED) is 0.497.